The van der Waals surface area contributed by atoms with Crippen LogP contribution < -0.4 is 0 Å². The van der Waals surface area contributed by atoms with Crippen molar-refractivity contribution in [1.82, 2.24) is 9.97 Å². The van der Waals surface area contributed by atoms with Crippen LogP contribution in [0.2, 0.25) is 0 Å². The van der Waals surface area contributed by atoms with Gasteiger partial charge in [-0.25, -0.2) is 29.1 Å². The van der Waals surface area contributed by atoms with Crippen LogP contribution in [0, 0.1) is 0 Å². The zero-order valence-electron chi connectivity index (χ0n) is 17.1. The van der Waals surface area contributed by atoms with E-state index in [1.807, 2.05) is 0 Å². The first-order chi connectivity index (χ1) is 16.1. The van der Waals surface area contributed by atoms with Crippen LogP contribution in [-0.4, -0.2) is 54.3 Å². The minimum atomic E-state index is -1.28. The third-order valence-electron chi connectivity index (χ3n) is 5.05. The number of pyridine rings is 2. The number of nitrogens with zero attached hydrogens (tertiary/aromatic N) is 2. The first kappa shape index (κ1) is 22.1. The monoisotopic (exact) mass is 458 g/mol. The highest BCUT2D eigenvalue weighted by Gasteiger charge is 2.15. The molecule has 0 radical (unpaired) electrons. The van der Waals surface area contributed by atoms with Crippen molar-refractivity contribution in [3.8, 4) is 22.3 Å². The van der Waals surface area contributed by atoms with Gasteiger partial charge < -0.3 is 20.4 Å². The standard InChI is InChI=1S/C24H14N2O8/c27-21(28)14-1-11(2-15(7-14)22(29)30)18-5-13-6-19(10-26-20(13)25-9-18)12-3-16(23(31)32)8-17(4-12)24(33)34/h1-10H,(H,27,28)(H,29,30)(H,31,32)(H,33,34). The molecule has 34 heavy (non-hydrogen) atoms. The van der Waals surface area contributed by atoms with E-state index in [1.54, 1.807) is 12.1 Å². The van der Waals surface area contributed by atoms with Gasteiger partial charge >= 0.3 is 23.9 Å². The first-order valence-electron chi connectivity index (χ1n) is 9.62. The number of carboxylic acid groups (broad SMARTS) is 4. The Morgan fingerprint density at radius 2 is 0.794 bits per heavy atom. The number of hydrogen-bond donors (Lipinski definition) is 4. The molecular weight excluding hydrogens is 444 g/mol. The van der Waals surface area contributed by atoms with Crippen LogP contribution in [0.25, 0.3) is 33.3 Å². The zero-order chi connectivity index (χ0) is 24.6. The van der Waals surface area contributed by atoms with Crippen LogP contribution in [0.5, 0.6) is 0 Å². The van der Waals surface area contributed by atoms with Gasteiger partial charge in [0.05, 0.1) is 22.3 Å². The quantitative estimate of drug-likeness (QED) is 0.333. The van der Waals surface area contributed by atoms with Crippen molar-refractivity contribution in [3.05, 3.63) is 83.2 Å². The maximum atomic E-state index is 11.4. The van der Waals surface area contributed by atoms with Gasteiger partial charge in [0.25, 0.3) is 0 Å². The second kappa shape index (κ2) is 8.43. The fourth-order valence-corrected chi connectivity index (χ4v) is 3.42. The lowest BCUT2D eigenvalue weighted by molar-refractivity contribution is 0.0676. The topological polar surface area (TPSA) is 175 Å². The third-order valence-corrected chi connectivity index (χ3v) is 5.05. The Morgan fingerprint density at radius 1 is 0.471 bits per heavy atom. The van der Waals surface area contributed by atoms with Gasteiger partial charge in [-0.2, -0.15) is 0 Å². The van der Waals surface area contributed by atoms with Gasteiger partial charge in [0.2, 0.25) is 0 Å². The van der Waals surface area contributed by atoms with E-state index in [0.29, 0.717) is 33.3 Å². The molecule has 0 fully saturated rings. The molecule has 0 saturated heterocycles. The molecule has 0 bridgehead atoms. The lowest BCUT2D eigenvalue weighted by atomic mass is 9.98. The van der Waals surface area contributed by atoms with E-state index in [2.05, 4.69) is 9.97 Å². The smallest absolute Gasteiger partial charge is 0.335 e. The molecule has 0 amide bonds. The molecule has 0 aliphatic carbocycles. The van der Waals surface area contributed by atoms with Gasteiger partial charge in [0.15, 0.2) is 5.65 Å². The van der Waals surface area contributed by atoms with Crippen molar-refractivity contribution >= 4 is 34.9 Å². The Morgan fingerprint density at radius 3 is 1.09 bits per heavy atom. The minimum absolute atomic E-state index is 0.200. The largest absolute Gasteiger partial charge is 0.478 e. The van der Waals surface area contributed by atoms with Gasteiger partial charge in [-0.15, -0.1) is 0 Å². The lowest BCUT2D eigenvalue weighted by Crippen LogP contribution is -2.03. The van der Waals surface area contributed by atoms with Crippen molar-refractivity contribution in [2.75, 3.05) is 0 Å². The number of aromatic nitrogens is 2. The van der Waals surface area contributed by atoms with Gasteiger partial charge in [0.1, 0.15) is 0 Å². The second-order valence-corrected chi connectivity index (χ2v) is 7.31. The molecule has 10 nitrogen and oxygen atoms in total. The van der Waals surface area contributed by atoms with Crippen LogP contribution in [0.1, 0.15) is 41.4 Å². The summed E-state index contributed by atoms with van der Waals surface area (Å²) in [5.41, 5.74) is 1.03. The van der Waals surface area contributed by atoms with Crippen LogP contribution in [0.15, 0.2) is 60.9 Å². The highest BCUT2D eigenvalue weighted by Crippen LogP contribution is 2.28. The predicted octanol–water partition coefficient (Wildman–Crippen LogP) is 3.76. The van der Waals surface area contributed by atoms with Crippen LogP contribution in [-0.2, 0) is 0 Å². The van der Waals surface area contributed by atoms with Crippen molar-refractivity contribution in [3.63, 3.8) is 0 Å². The molecule has 0 spiro atoms. The van der Waals surface area contributed by atoms with Gasteiger partial charge in [0, 0.05) is 28.9 Å². The molecule has 2 aromatic carbocycles. The maximum Gasteiger partial charge on any atom is 0.335 e. The van der Waals surface area contributed by atoms with Gasteiger partial charge in [-0.3, -0.25) is 0 Å². The normalized spacial score (nSPS) is 10.7. The Labute approximate surface area is 190 Å². The Balaban J connectivity index is 1.86. The SMILES string of the molecule is O=C(O)c1cc(C(=O)O)cc(-c2cnc3ncc(-c4cc(C(=O)O)cc(C(=O)O)c4)cc3c2)c1. The first-order valence-corrected chi connectivity index (χ1v) is 9.62. The van der Waals surface area contributed by atoms with Crippen molar-refractivity contribution in [2.45, 2.75) is 0 Å². The summed E-state index contributed by atoms with van der Waals surface area (Å²) in [5.74, 6) is -5.13. The third kappa shape index (κ3) is 4.28. The lowest BCUT2D eigenvalue weighted by Gasteiger charge is -2.09. The van der Waals surface area contributed by atoms with Gasteiger partial charge in [-0.05, 0) is 59.7 Å². The molecule has 0 aliphatic rings. The molecule has 10 heteroatoms. The summed E-state index contributed by atoms with van der Waals surface area (Å²) < 4.78 is 0. The molecule has 2 heterocycles. The maximum absolute atomic E-state index is 11.4. The summed E-state index contributed by atoms with van der Waals surface area (Å²) >= 11 is 0. The van der Waals surface area contributed by atoms with E-state index < -0.39 is 23.9 Å². The predicted molar refractivity (Wildman–Crippen MR) is 118 cm³/mol. The highest BCUT2D eigenvalue weighted by atomic mass is 16.4. The van der Waals surface area contributed by atoms with Gasteiger partial charge in [-0.1, -0.05) is 0 Å². The van der Waals surface area contributed by atoms with E-state index in [4.69, 9.17) is 0 Å². The molecule has 4 aromatic rings. The number of aromatic carboxylic acids is 4. The minimum Gasteiger partial charge on any atom is -0.478 e. The summed E-state index contributed by atoms with van der Waals surface area (Å²) in [6, 6.07) is 10.7. The average Bonchev–Trinajstić information content (AvgIpc) is 2.82. The van der Waals surface area contributed by atoms with Crippen molar-refractivity contribution in [1.29, 1.82) is 0 Å². The van der Waals surface area contributed by atoms with E-state index in [9.17, 15) is 39.6 Å². The summed E-state index contributed by atoms with van der Waals surface area (Å²) in [6.07, 6.45) is 2.85. The molecule has 2 aromatic heterocycles. The Bertz CT molecular complexity index is 1350. The van der Waals surface area contributed by atoms with E-state index in [-0.39, 0.29) is 22.3 Å². The molecule has 0 saturated carbocycles. The average molecular weight is 458 g/mol. The van der Waals surface area contributed by atoms with Crippen molar-refractivity contribution < 1.29 is 39.6 Å². The highest BCUT2D eigenvalue weighted by molar-refractivity contribution is 5.98. The molecule has 0 atom stereocenters. The van der Waals surface area contributed by atoms with E-state index in [0.717, 1.165) is 12.1 Å². The van der Waals surface area contributed by atoms with E-state index in [1.165, 1.54) is 36.7 Å². The number of carboxylic acids is 4. The number of fused-ring (bicyclic) bond motifs is 1. The number of rotatable bonds is 6. The molecule has 0 unspecified atom stereocenters. The van der Waals surface area contributed by atoms with Crippen LogP contribution >= 0.6 is 0 Å². The molecular formula is C24H14N2O8. The molecule has 0 aliphatic heterocycles. The summed E-state index contributed by atoms with van der Waals surface area (Å²) in [6.45, 7) is 0. The molecule has 168 valence electrons. The zero-order valence-corrected chi connectivity index (χ0v) is 17.1. The van der Waals surface area contributed by atoms with E-state index >= 15 is 0 Å². The molecule has 4 rings (SSSR count). The fourth-order valence-electron chi connectivity index (χ4n) is 3.42. The Kier molecular flexibility index (Phi) is 5.48. The molecule has 4 N–H and O–H groups in total. The summed E-state index contributed by atoms with van der Waals surface area (Å²) in [7, 11) is 0. The van der Waals surface area contributed by atoms with Crippen molar-refractivity contribution in [2.24, 2.45) is 0 Å². The fraction of sp³-hybridized carbons (Fsp3) is 0. The number of hydrogen-bond acceptors (Lipinski definition) is 6. The Hall–Kier alpha value is -5.12. The summed E-state index contributed by atoms with van der Waals surface area (Å²) in [5, 5.41) is 37.8. The number of carbonyl (C=O) groups is 4. The van der Waals surface area contributed by atoms with Crippen LogP contribution in [0.4, 0.5) is 0 Å². The summed E-state index contributed by atoms with van der Waals surface area (Å²) in [4.78, 5) is 54.2. The van der Waals surface area contributed by atoms with Crippen LogP contribution in [0.3, 0.4) is 0 Å². The number of benzene rings is 2. The second-order valence-electron chi connectivity index (χ2n) is 7.31.